The standard InChI is InChI=1S/C17H14FNO4S/c18-13-6-8-14(9-7-13)19-17(20)15-16(12-4-2-1-3-5-12)24(21,22)11-10-23-15/h1-9H,10-11H2,(H,19,20). The molecule has 2 aromatic carbocycles. The Morgan fingerprint density at radius 1 is 1.04 bits per heavy atom. The van der Waals surface area contributed by atoms with Gasteiger partial charge in [-0.3, -0.25) is 4.79 Å². The fourth-order valence-corrected chi connectivity index (χ4v) is 3.79. The fraction of sp³-hybridized carbons (Fsp3) is 0.118. The highest BCUT2D eigenvalue weighted by Crippen LogP contribution is 2.30. The zero-order valence-electron chi connectivity index (χ0n) is 12.5. The quantitative estimate of drug-likeness (QED) is 0.926. The molecule has 0 radical (unpaired) electrons. The van der Waals surface area contributed by atoms with E-state index in [0.29, 0.717) is 11.3 Å². The van der Waals surface area contributed by atoms with Gasteiger partial charge in [0.2, 0.25) is 5.76 Å². The lowest BCUT2D eigenvalue weighted by Gasteiger charge is -2.21. The van der Waals surface area contributed by atoms with Crippen LogP contribution in [0.3, 0.4) is 0 Å². The molecule has 1 aliphatic heterocycles. The van der Waals surface area contributed by atoms with Gasteiger partial charge < -0.3 is 10.1 Å². The molecule has 24 heavy (non-hydrogen) atoms. The zero-order chi connectivity index (χ0) is 17.2. The first-order valence-electron chi connectivity index (χ1n) is 7.19. The van der Waals surface area contributed by atoms with Gasteiger partial charge in [-0.05, 0) is 29.8 Å². The second-order valence-corrected chi connectivity index (χ2v) is 7.20. The van der Waals surface area contributed by atoms with Gasteiger partial charge in [-0.25, -0.2) is 12.8 Å². The first kappa shape index (κ1) is 16.2. The van der Waals surface area contributed by atoms with Crippen molar-refractivity contribution in [3.8, 4) is 0 Å². The zero-order valence-corrected chi connectivity index (χ0v) is 13.3. The number of hydrogen-bond acceptors (Lipinski definition) is 4. The lowest BCUT2D eigenvalue weighted by molar-refractivity contribution is -0.115. The molecule has 0 unspecified atom stereocenters. The van der Waals surface area contributed by atoms with Crippen molar-refractivity contribution < 1.29 is 22.3 Å². The maximum absolute atomic E-state index is 12.9. The molecular formula is C17H14FNO4S. The Morgan fingerprint density at radius 3 is 2.38 bits per heavy atom. The molecule has 0 saturated carbocycles. The van der Waals surface area contributed by atoms with E-state index in [9.17, 15) is 17.6 Å². The summed E-state index contributed by atoms with van der Waals surface area (Å²) in [7, 11) is -3.64. The number of ether oxygens (including phenoxy) is 1. The molecule has 2 aromatic rings. The van der Waals surface area contributed by atoms with Crippen molar-refractivity contribution in [3.63, 3.8) is 0 Å². The monoisotopic (exact) mass is 347 g/mol. The summed E-state index contributed by atoms with van der Waals surface area (Å²) >= 11 is 0. The maximum Gasteiger partial charge on any atom is 0.292 e. The molecule has 7 heteroatoms. The van der Waals surface area contributed by atoms with Crippen molar-refractivity contribution >= 4 is 26.3 Å². The van der Waals surface area contributed by atoms with Gasteiger partial charge in [0.25, 0.3) is 5.91 Å². The summed E-state index contributed by atoms with van der Waals surface area (Å²) in [6.45, 7) is -0.0924. The van der Waals surface area contributed by atoms with E-state index in [0.717, 1.165) is 0 Å². The van der Waals surface area contributed by atoms with Crippen molar-refractivity contribution in [3.05, 3.63) is 71.7 Å². The van der Waals surface area contributed by atoms with Crippen LogP contribution in [-0.2, 0) is 19.4 Å². The molecule has 0 aromatic heterocycles. The molecular weight excluding hydrogens is 333 g/mol. The van der Waals surface area contributed by atoms with E-state index in [1.165, 1.54) is 24.3 Å². The normalized spacial score (nSPS) is 16.4. The number of sulfone groups is 1. The van der Waals surface area contributed by atoms with Gasteiger partial charge in [0, 0.05) is 5.69 Å². The number of hydrogen-bond donors (Lipinski definition) is 1. The third-order valence-corrected chi connectivity index (χ3v) is 5.21. The highest BCUT2D eigenvalue weighted by atomic mass is 32.2. The predicted octanol–water partition coefficient (Wildman–Crippen LogP) is 2.58. The van der Waals surface area contributed by atoms with Gasteiger partial charge in [0.05, 0.1) is 5.75 Å². The van der Waals surface area contributed by atoms with E-state index in [4.69, 9.17) is 4.74 Å². The second-order valence-electron chi connectivity index (χ2n) is 5.15. The smallest absolute Gasteiger partial charge is 0.292 e. The Hall–Kier alpha value is -2.67. The molecule has 1 heterocycles. The summed E-state index contributed by atoms with van der Waals surface area (Å²) in [5.41, 5.74) is 0.731. The summed E-state index contributed by atoms with van der Waals surface area (Å²) in [6.07, 6.45) is 0. The Balaban J connectivity index is 2.02. The van der Waals surface area contributed by atoms with Crippen LogP contribution in [0.15, 0.2) is 60.4 Å². The molecule has 0 aliphatic carbocycles. The summed E-state index contributed by atoms with van der Waals surface area (Å²) < 4.78 is 43.1. The highest BCUT2D eigenvalue weighted by molar-refractivity contribution is 8.00. The van der Waals surface area contributed by atoms with Crippen molar-refractivity contribution in [2.45, 2.75) is 0 Å². The number of rotatable bonds is 3. The molecule has 0 spiro atoms. The number of nitrogens with one attached hydrogen (secondary N) is 1. The molecule has 1 amide bonds. The largest absolute Gasteiger partial charge is 0.486 e. The number of carbonyl (C=O) groups is 1. The average Bonchev–Trinajstić information content (AvgIpc) is 2.56. The molecule has 5 nitrogen and oxygen atoms in total. The molecule has 124 valence electrons. The van der Waals surface area contributed by atoms with Crippen LogP contribution in [0.1, 0.15) is 5.56 Å². The van der Waals surface area contributed by atoms with Gasteiger partial charge >= 0.3 is 0 Å². The molecule has 0 bridgehead atoms. The van der Waals surface area contributed by atoms with Crippen LogP contribution in [0.5, 0.6) is 0 Å². The van der Waals surface area contributed by atoms with E-state index in [1.807, 2.05) is 0 Å². The maximum atomic E-state index is 12.9. The first-order chi connectivity index (χ1) is 11.5. The Morgan fingerprint density at radius 2 is 1.71 bits per heavy atom. The second kappa shape index (κ2) is 6.45. The van der Waals surface area contributed by atoms with E-state index in [2.05, 4.69) is 5.32 Å². The fourth-order valence-electron chi connectivity index (χ4n) is 2.35. The molecule has 1 N–H and O–H groups in total. The Labute approximate surface area is 138 Å². The molecule has 0 atom stereocenters. The van der Waals surface area contributed by atoms with Crippen molar-refractivity contribution in [2.24, 2.45) is 0 Å². The predicted molar refractivity (Wildman–Crippen MR) is 88.1 cm³/mol. The average molecular weight is 347 g/mol. The molecule has 0 saturated heterocycles. The summed E-state index contributed by atoms with van der Waals surface area (Å²) in [5, 5.41) is 2.52. The summed E-state index contributed by atoms with van der Waals surface area (Å²) in [5.74, 6) is -1.57. The minimum atomic E-state index is -3.64. The van der Waals surface area contributed by atoms with Crippen LogP contribution >= 0.6 is 0 Å². The van der Waals surface area contributed by atoms with Crippen molar-refractivity contribution in [1.29, 1.82) is 0 Å². The van der Waals surface area contributed by atoms with Crippen LogP contribution in [0.2, 0.25) is 0 Å². The van der Waals surface area contributed by atoms with E-state index in [1.54, 1.807) is 30.3 Å². The SMILES string of the molecule is O=C(Nc1ccc(F)cc1)C1=C(c2ccccc2)S(=O)(=O)CCO1. The summed E-state index contributed by atoms with van der Waals surface area (Å²) in [6, 6.07) is 13.5. The molecule has 0 fully saturated rings. The minimum Gasteiger partial charge on any atom is -0.486 e. The lowest BCUT2D eigenvalue weighted by Crippen LogP contribution is -2.28. The number of anilines is 1. The first-order valence-corrected chi connectivity index (χ1v) is 8.85. The Bertz CT molecular complexity index is 890. The number of amides is 1. The van der Waals surface area contributed by atoms with Crippen LogP contribution in [-0.4, -0.2) is 26.7 Å². The van der Waals surface area contributed by atoms with Crippen LogP contribution in [0.4, 0.5) is 10.1 Å². The van der Waals surface area contributed by atoms with Gasteiger partial charge in [-0.1, -0.05) is 30.3 Å². The number of halogens is 1. The van der Waals surface area contributed by atoms with E-state index < -0.39 is 21.6 Å². The summed E-state index contributed by atoms with van der Waals surface area (Å²) in [4.78, 5) is 12.3. The number of carbonyl (C=O) groups excluding carboxylic acids is 1. The topological polar surface area (TPSA) is 72.5 Å². The van der Waals surface area contributed by atoms with Crippen molar-refractivity contribution in [1.82, 2.24) is 0 Å². The van der Waals surface area contributed by atoms with Gasteiger partial charge in [-0.15, -0.1) is 0 Å². The Kier molecular flexibility index (Phi) is 4.35. The van der Waals surface area contributed by atoms with Crippen LogP contribution < -0.4 is 5.32 Å². The number of benzene rings is 2. The third-order valence-electron chi connectivity index (χ3n) is 3.46. The van der Waals surface area contributed by atoms with E-state index >= 15 is 0 Å². The molecule has 3 rings (SSSR count). The van der Waals surface area contributed by atoms with Gasteiger partial charge in [-0.2, -0.15) is 0 Å². The lowest BCUT2D eigenvalue weighted by atomic mass is 10.2. The third kappa shape index (κ3) is 3.30. The van der Waals surface area contributed by atoms with Gasteiger partial charge in [0.1, 0.15) is 17.3 Å². The highest BCUT2D eigenvalue weighted by Gasteiger charge is 2.33. The van der Waals surface area contributed by atoms with Crippen molar-refractivity contribution in [2.75, 3.05) is 17.7 Å². The van der Waals surface area contributed by atoms with E-state index in [-0.39, 0.29) is 23.0 Å². The van der Waals surface area contributed by atoms with Crippen LogP contribution in [0, 0.1) is 5.82 Å². The van der Waals surface area contributed by atoms with Gasteiger partial charge in [0.15, 0.2) is 9.84 Å². The molecule has 1 aliphatic rings. The van der Waals surface area contributed by atoms with Crippen LogP contribution in [0.25, 0.3) is 4.91 Å². The minimum absolute atomic E-state index is 0.0924.